The normalized spacial score (nSPS) is 11.9. The minimum absolute atomic E-state index is 0.0186. The zero-order valence-corrected chi connectivity index (χ0v) is 11.3. The van der Waals surface area contributed by atoms with Gasteiger partial charge in [-0.25, -0.2) is 9.78 Å². The first-order valence-electron chi connectivity index (χ1n) is 5.00. The van der Waals surface area contributed by atoms with Gasteiger partial charge in [0, 0.05) is 10.9 Å². The summed E-state index contributed by atoms with van der Waals surface area (Å²) in [5, 5.41) is 1.01. The van der Waals surface area contributed by atoms with Gasteiger partial charge in [0.25, 0.3) is 0 Å². The predicted molar refractivity (Wildman–Crippen MR) is 65.7 cm³/mol. The van der Waals surface area contributed by atoms with E-state index in [1.165, 1.54) is 12.3 Å². The zero-order valence-electron chi connectivity index (χ0n) is 9.76. The molecule has 0 radical (unpaired) electrons. The summed E-state index contributed by atoms with van der Waals surface area (Å²) in [6.07, 6.45) is -4.56. The number of thiophene rings is 1. The highest BCUT2D eigenvalue weighted by atomic mass is 35.5. The molecule has 0 spiro atoms. The van der Waals surface area contributed by atoms with Crippen LogP contribution in [0, 0.1) is 6.92 Å². The summed E-state index contributed by atoms with van der Waals surface area (Å²) in [4.78, 5) is 15.3. The van der Waals surface area contributed by atoms with E-state index in [1.807, 2.05) is 0 Å². The predicted octanol–water partition coefficient (Wildman–Crippen LogP) is 4.06. The van der Waals surface area contributed by atoms with E-state index in [-0.39, 0.29) is 26.5 Å². The number of halogens is 4. The summed E-state index contributed by atoms with van der Waals surface area (Å²) < 4.78 is 43.6. The number of esters is 1. The van der Waals surface area contributed by atoms with Gasteiger partial charge < -0.3 is 4.74 Å². The molecule has 19 heavy (non-hydrogen) atoms. The van der Waals surface area contributed by atoms with Gasteiger partial charge in [-0.1, -0.05) is 11.6 Å². The highest BCUT2D eigenvalue weighted by Crippen LogP contribution is 2.42. The van der Waals surface area contributed by atoms with Gasteiger partial charge in [-0.15, -0.1) is 11.3 Å². The second kappa shape index (κ2) is 4.64. The third-order valence-corrected chi connectivity index (χ3v) is 3.93. The molecule has 0 bridgehead atoms. The maximum absolute atomic E-state index is 13.1. The molecule has 0 saturated carbocycles. The Labute approximate surface area is 115 Å². The van der Waals surface area contributed by atoms with Gasteiger partial charge in [-0.3, -0.25) is 0 Å². The molecule has 2 heterocycles. The molecule has 2 aromatic heterocycles. The maximum atomic E-state index is 13.1. The summed E-state index contributed by atoms with van der Waals surface area (Å²) in [6, 6.07) is 0. The Morgan fingerprint density at radius 2 is 2.11 bits per heavy atom. The number of hydrogen-bond acceptors (Lipinski definition) is 4. The molecule has 3 nitrogen and oxygen atoms in total. The summed E-state index contributed by atoms with van der Waals surface area (Å²) >= 11 is 6.51. The molecule has 0 aliphatic heterocycles. The maximum Gasteiger partial charge on any atom is 0.418 e. The van der Waals surface area contributed by atoms with Crippen molar-refractivity contribution in [1.82, 2.24) is 4.98 Å². The van der Waals surface area contributed by atoms with E-state index >= 15 is 0 Å². The van der Waals surface area contributed by atoms with Crippen LogP contribution in [0.1, 0.15) is 21.5 Å². The summed E-state index contributed by atoms with van der Waals surface area (Å²) in [6.45, 7) is 1.25. The van der Waals surface area contributed by atoms with Crippen molar-refractivity contribution in [2.24, 2.45) is 0 Å². The molecule has 0 unspecified atom stereocenters. The van der Waals surface area contributed by atoms with Crippen molar-refractivity contribution in [2.75, 3.05) is 7.11 Å². The standard InChI is InChI=1S/C11H7ClF3NO2S/c1-4-6(11(13,14)15)8-7(16-9(4)12)5(3-19-8)10(17)18-2/h3H,1-2H3. The lowest BCUT2D eigenvalue weighted by Crippen LogP contribution is -2.09. The molecule has 0 aromatic carbocycles. The van der Waals surface area contributed by atoms with Crippen LogP contribution in [0.15, 0.2) is 5.38 Å². The molecular weight excluding hydrogens is 303 g/mol. The number of pyridine rings is 1. The zero-order chi connectivity index (χ0) is 14.4. The minimum atomic E-state index is -4.56. The first-order chi connectivity index (χ1) is 8.77. The number of carbonyl (C=O) groups excluding carboxylic acids is 1. The molecule has 0 saturated heterocycles. The molecule has 0 atom stereocenters. The van der Waals surface area contributed by atoms with Crippen molar-refractivity contribution >= 4 is 39.1 Å². The molecule has 8 heteroatoms. The number of methoxy groups -OCH3 is 1. The number of hydrogen-bond donors (Lipinski definition) is 0. The van der Waals surface area contributed by atoms with Crippen LogP contribution >= 0.6 is 22.9 Å². The summed E-state index contributed by atoms with van der Waals surface area (Å²) in [5.74, 6) is -0.744. The van der Waals surface area contributed by atoms with Crippen LogP contribution in [0.3, 0.4) is 0 Å². The fourth-order valence-electron chi connectivity index (χ4n) is 1.69. The van der Waals surface area contributed by atoms with Crippen LogP contribution in [-0.4, -0.2) is 18.1 Å². The van der Waals surface area contributed by atoms with Crippen molar-refractivity contribution in [2.45, 2.75) is 13.1 Å². The van der Waals surface area contributed by atoms with Gasteiger partial charge in [0.05, 0.1) is 28.5 Å². The topological polar surface area (TPSA) is 39.2 Å². The molecule has 2 aromatic rings. The average molecular weight is 310 g/mol. The molecular formula is C11H7ClF3NO2S. The van der Waals surface area contributed by atoms with Crippen molar-refractivity contribution in [3.8, 4) is 0 Å². The molecule has 2 rings (SSSR count). The van der Waals surface area contributed by atoms with E-state index in [1.54, 1.807) is 0 Å². The quantitative estimate of drug-likeness (QED) is 0.589. The fraction of sp³-hybridized carbons (Fsp3) is 0.273. The minimum Gasteiger partial charge on any atom is -0.465 e. The Balaban J connectivity index is 2.86. The van der Waals surface area contributed by atoms with Gasteiger partial charge in [0.15, 0.2) is 0 Å². The van der Waals surface area contributed by atoms with Crippen LogP contribution in [-0.2, 0) is 10.9 Å². The van der Waals surface area contributed by atoms with Crippen LogP contribution in [0.5, 0.6) is 0 Å². The van der Waals surface area contributed by atoms with Gasteiger partial charge in [0.1, 0.15) is 5.15 Å². The van der Waals surface area contributed by atoms with Gasteiger partial charge >= 0.3 is 12.1 Å². The first-order valence-corrected chi connectivity index (χ1v) is 6.26. The lowest BCUT2D eigenvalue weighted by molar-refractivity contribution is -0.136. The Morgan fingerprint density at radius 3 is 2.63 bits per heavy atom. The fourth-order valence-corrected chi connectivity index (χ4v) is 2.97. The second-order valence-electron chi connectivity index (χ2n) is 3.72. The van der Waals surface area contributed by atoms with Crippen molar-refractivity contribution in [1.29, 1.82) is 0 Å². The number of nitrogens with zero attached hydrogens (tertiary/aromatic N) is 1. The SMILES string of the molecule is COC(=O)c1csc2c(C(F)(F)F)c(C)c(Cl)nc12. The van der Waals surface area contributed by atoms with Crippen molar-refractivity contribution in [3.05, 3.63) is 27.2 Å². The Morgan fingerprint density at radius 1 is 1.47 bits per heavy atom. The highest BCUT2D eigenvalue weighted by Gasteiger charge is 2.37. The van der Waals surface area contributed by atoms with Gasteiger partial charge in [-0.2, -0.15) is 13.2 Å². The van der Waals surface area contributed by atoms with Crippen LogP contribution in [0.25, 0.3) is 10.2 Å². The molecule has 102 valence electrons. The van der Waals surface area contributed by atoms with Crippen LogP contribution < -0.4 is 0 Å². The molecule has 0 N–H and O–H groups in total. The molecule has 0 aliphatic carbocycles. The number of carbonyl (C=O) groups is 1. The van der Waals surface area contributed by atoms with E-state index in [4.69, 9.17) is 11.6 Å². The van der Waals surface area contributed by atoms with Crippen molar-refractivity contribution < 1.29 is 22.7 Å². The Hall–Kier alpha value is -1.34. The van der Waals surface area contributed by atoms with E-state index in [0.29, 0.717) is 0 Å². The van der Waals surface area contributed by atoms with Gasteiger partial charge in [0.2, 0.25) is 0 Å². The number of fused-ring (bicyclic) bond motifs is 1. The largest absolute Gasteiger partial charge is 0.465 e. The first kappa shape index (κ1) is 14.1. The monoisotopic (exact) mass is 309 g/mol. The number of ether oxygens (including phenoxy) is 1. The number of aromatic nitrogens is 1. The summed E-state index contributed by atoms with van der Waals surface area (Å²) in [5.41, 5.74) is -1.11. The molecule has 0 aliphatic rings. The van der Waals surface area contributed by atoms with Crippen molar-refractivity contribution in [3.63, 3.8) is 0 Å². The lowest BCUT2D eigenvalue weighted by Gasteiger charge is -2.12. The molecule has 0 amide bonds. The average Bonchev–Trinajstić information content (AvgIpc) is 2.70. The van der Waals surface area contributed by atoms with E-state index < -0.39 is 17.7 Å². The molecule has 0 fully saturated rings. The Kier molecular flexibility index (Phi) is 3.44. The van der Waals surface area contributed by atoms with E-state index in [0.717, 1.165) is 18.4 Å². The summed E-state index contributed by atoms with van der Waals surface area (Å²) in [7, 11) is 1.15. The van der Waals surface area contributed by atoms with Crippen LogP contribution in [0.2, 0.25) is 5.15 Å². The highest BCUT2D eigenvalue weighted by molar-refractivity contribution is 7.17. The number of alkyl halides is 3. The van der Waals surface area contributed by atoms with Crippen LogP contribution in [0.4, 0.5) is 13.2 Å². The third-order valence-electron chi connectivity index (χ3n) is 2.58. The third kappa shape index (κ3) is 2.28. The Bertz CT molecular complexity index is 666. The number of rotatable bonds is 1. The van der Waals surface area contributed by atoms with Gasteiger partial charge in [-0.05, 0) is 6.92 Å². The second-order valence-corrected chi connectivity index (χ2v) is 4.96. The lowest BCUT2D eigenvalue weighted by atomic mass is 10.1. The van der Waals surface area contributed by atoms with E-state index in [9.17, 15) is 18.0 Å². The van der Waals surface area contributed by atoms with E-state index in [2.05, 4.69) is 9.72 Å². The smallest absolute Gasteiger partial charge is 0.418 e.